The van der Waals surface area contributed by atoms with E-state index < -0.39 is 4.92 Å². The van der Waals surface area contributed by atoms with Crippen LogP contribution < -0.4 is 5.48 Å². The van der Waals surface area contributed by atoms with E-state index in [4.69, 9.17) is 5.26 Å². The Balaban J connectivity index is 1.32. The lowest BCUT2D eigenvalue weighted by molar-refractivity contribution is -0.384. The van der Waals surface area contributed by atoms with Gasteiger partial charge in [0, 0.05) is 41.5 Å². The van der Waals surface area contributed by atoms with Crippen molar-refractivity contribution in [3.05, 3.63) is 107 Å². The van der Waals surface area contributed by atoms with Gasteiger partial charge in [-0.1, -0.05) is 35.3 Å². The maximum Gasteiger partial charge on any atom is 0.269 e. The van der Waals surface area contributed by atoms with Gasteiger partial charge < -0.3 is 0 Å². The van der Waals surface area contributed by atoms with Crippen LogP contribution in [0.15, 0.2) is 126 Å². The quantitative estimate of drug-likeness (QED) is 0.138. The highest BCUT2D eigenvalue weighted by Gasteiger charge is 2.06. The number of anilines is 1. The first kappa shape index (κ1) is 23.2. The topological polar surface area (TPSA) is 84.6 Å². The molecule has 4 rings (SSSR count). The first-order valence-corrected chi connectivity index (χ1v) is 12.2. The number of nitrogens with zero attached hydrogens (tertiary/aromatic N) is 1. The Labute approximate surface area is 203 Å². The molecule has 4 aromatic carbocycles. The van der Waals surface area contributed by atoms with Gasteiger partial charge in [-0.15, -0.1) is 4.99 Å². The number of non-ortho nitro benzene ring substituents is 1. The molecular weight excluding hydrogens is 476 g/mol. The molecular formula is C24H18N2O4S3. The molecule has 0 amide bonds. The molecule has 0 fully saturated rings. The standard InChI is InChI=1S/C24H18N2O4S3/c27-26(28)18-3-7-20(8-4-18)32-22-11-15-24(16-12-22)33-23-13-9-21(10-14-23)31-19-5-1-17(2-6-19)25-30-29/h1-16,25,29H. The smallest absolute Gasteiger partial charge is 0.258 e. The lowest BCUT2D eigenvalue weighted by Crippen LogP contribution is -1.94. The van der Waals surface area contributed by atoms with Crippen LogP contribution in [0, 0.1) is 10.1 Å². The summed E-state index contributed by atoms with van der Waals surface area (Å²) in [7, 11) is 0. The van der Waals surface area contributed by atoms with Crippen molar-refractivity contribution in [3.63, 3.8) is 0 Å². The van der Waals surface area contributed by atoms with Gasteiger partial charge in [0.25, 0.3) is 5.69 Å². The van der Waals surface area contributed by atoms with Gasteiger partial charge in [-0.2, -0.15) is 0 Å². The molecule has 0 spiro atoms. The molecule has 0 heterocycles. The van der Waals surface area contributed by atoms with E-state index in [2.05, 4.69) is 59.0 Å². The van der Waals surface area contributed by atoms with Crippen LogP contribution in [-0.4, -0.2) is 10.2 Å². The van der Waals surface area contributed by atoms with Crippen molar-refractivity contribution >= 4 is 46.7 Å². The third-order valence-electron chi connectivity index (χ3n) is 4.42. The van der Waals surface area contributed by atoms with Crippen molar-refractivity contribution in [1.29, 1.82) is 0 Å². The van der Waals surface area contributed by atoms with Crippen LogP contribution in [0.2, 0.25) is 0 Å². The summed E-state index contributed by atoms with van der Waals surface area (Å²) < 4.78 is 0. The van der Waals surface area contributed by atoms with Crippen LogP contribution >= 0.6 is 35.3 Å². The second-order valence-electron chi connectivity index (χ2n) is 6.72. The molecule has 0 aliphatic rings. The predicted molar refractivity (Wildman–Crippen MR) is 132 cm³/mol. The van der Waals surface area contributed by atoms with Gasteiger partial charge >= 0.3 is 0 Å². The molecule has 0 aliphatic heterocycles. The van der Waals surface area contributed by atoms with Gasteiger partial charge in [-0.3, -0.25) is 10.1 Å². The lowest BCUT2D eigenvalue weighted by atomic mass is 10.3. The van der Waals surface area contributed by atoms with Gasteiger partial charge in [0.15, 0.2) is 0 Å². The zero-order valence-electron chi connectivity index (χ0n) is 17.1. The Kier molecular flexibility index (Phi) is 7.92. The first-order valence-electron chi connectivity index (χ1n) is 9.74. The highest BCUT2D eigenvalue weighted by molar-refractivity contribution is 8.00. The molecule has 33 heavy (non-hydrogen) atoms. The summed E-state index contributed by atoms with van der Waals surface area (Å²) >= 11 is 4.92. The highest BCUT2D eigenvalue weighted by atomic mass is 32.2. The van der Waals surface area contributed by atoms with Gasteiger partial charge in [-0.05, 0) is 84.9 Å². The fourth-order valence-corrected chi connectivity index (χ4v) is 5.29. The van der Waals surface area contributed by atoms with E-state index in [0.29, 0.717) is 5.69 Å². The van der Waals surface area contributed by atoms with Crippen molar-refractivity contribution in [1.82, 2.24) is 0 Å². The van der Waals surface area contributed by atoms with Gasteiger partial charge in [0.05, 0.1) is 10.6 Å². The number of benzene rings is 4. The Morgan fingerprint density at radius 3 is 1.21 bits per heavy atom. The van der Waals surface area contributed by atoms with Crippen LogP contribution in [0.3, 0.4) is 0 Å². The largest absolute Gasteiger partial charge is 0.269 e. The molecule has 0 saturated heterocycles. The normalized spacial score (nSPS) is 10.7. The molecule has 0 bridgehead atoms. The summed E-state index contributed by atoms with van der Waals surface area (Å²) in [6, 6.07) is 30.8. The summed E-state index contributed by atoms with van der Waals surface area (Å²) in [5.41, 5.74) is 3.14. The van der Waals surface area contributed by atoms with E-state index in [1.165, 1.54) is 12.1 Å². The first-order chi connectivity index (χ1) is 16.1. The Morgan fingerprint density at radius 1 is 0.606 bits per heavy atom. The molecule has 6 nitrogen and oxygen atoms in total. The monoisotopic (exact) mass is 494 g/mol. The van der Waals surface area contributed by atoms with Crippen LogP contribution in [0.1, 0.15) is 0 Å². The molecule has 0 aromatic heterocycles. The zero-order chi connectivity index (χ0) is 23.0. The van der Waals surface area contributed by atoms with E-state index in [1.807, 2.05) is 24.3 Å². The van der Waals surface area contributed by atoms with Crippen molar-refractivity contribution in [3.8, 4) is 0 Å². The number of nitro groups is 1. The van der Waals surface area contributed by atoms with Crippen LogP contribution in [0.5, 0.6) is 0 Å². The van der Waals surface area contributed by atoms with E-state index in [9.17, 15) is 10.1 Å². The summed E-state index contributed by atoms with van der Waals surface area (Å²) in [4.78, 5) is 20.8. The van der Waals surface area contributed by atoms with Crippen molar-refractivity contribution in [2.45, 2.75) is 29.4 Å². The fourth-order valence-electron chi connectivity index (χ4n) is 2.84. The number of hydrogen-bond acceptors (Lipinski definition) is 8. The summed E-state index contributed by atoms with van der Waals surface area (Å²) in [6.07, 6.45) is 0. The fraction of sp³-hybridized carbons (Fsp3) is 0. The molecule has 9 heteroatoms. The minimum Gasteiger partial charge on any atom is -0.258 e. The summed E-state index contributed by atoms with van der Waals surface area (Å²) in [5, 5.41) is 19.2. The number of rotatable bonds is 9. The van der Waals surface area contributed by atoms with Crippen LogP contribution in [-0.2, 0) is 4.99 Å². The Hall–Kier alpha value is -2.95. The minimum atomic E-state index is -0.393. The highest BCUT2D eigenvalue weighted by Crippen LogP contribution is 2.35. The van der Waals surface area contributed by atoms with Gasteiger partial charge in [0.1, 0.15) is 0 Å². The average molecular weight is 495 g/mol. The van der Waals surface area contributed by atoms with Crippen molar-refractivity contribution in [2.75, 3.05) is 5.48 Å². The van der Waals surface area contributed by atoms with Gasteiger partial charge in [0.2, 0.25) is 0 Å². The maximum atomic E-state index is 10.8. The maximum absolute atomic E-state index is 10.8. The van der Waals surface area contributed by atoms with Crippen molar-refractivity contribution < 1.29 is 15.2 Å². The Bertz CT molecular complexity index is 1200. The van der Waals surface area contributed by atoms with E-state index in [0.717, 1.165) is 29.4 Å². The number of hydrogen-bond donors (Lipinski definition) is 2. The molecule has 166 valence electrons. The molecule has 0 atom stereocenters. The Morgan fingerprint density at radius 2 is 0.909 bits per heavy atom. The third-order valence-corrected chi connectivity index (χ3v) is 7.47. The molecule has 4 aromatic rings. The zero-order valence-corrected chi connectivity index (χ0v) is 19.5. The molecule has 0 radical (unpaired) electrons. The SMILES string of the molecule is O=[N+]([O-])c1ccc(Sc2ccc(Sc3ccc(Sc4ccc(NOO)cc4)cc3)cc2)cc1. The average Bonchev–Trinajstić information content (AvgIpc) is 2.83. The van der Waals surface area contributed by atoms with E-state index in [1.54, 1.807) is 47.4 Å². The van der Waals surface area contributed by atoms with Gasteiger partial charge in [-0.25, -0.2) is 10.7 Å². The number of nitrogens with one attached hydrogen (secondary N) is 1. The summed E-state index contributed by atoms with van der Waals surface area (Å²) in [6.45, 7) is 0. The van der Waals surface area contributed by atoms with Crippen molar-refractivity contribution in [2.24, 2.45) is 0 Å². The molecule has 2 N–H and O–H groups in total. The van der Waals surface area contributed by atoms with E-state index >= 15 is 0 Å². The second kappa shape index (κ2) is 11.3. The minimum absolute atomic E-state index is 0.0962. The van der Waals surface area contributed by atoms with Crippen LogP contribution in [0.4, 0.5) is 11.4 Å². The molecule has 0 unspecified atom stereocenters. The van der Waals surface area contributed by atoms with Crippen LogP contribution in [0.25, 0.3) is 0 Å². The second-order valence-corrected chi connectivity index (χ2v) is 10.2. The molecule has 0 aliphatic carbocycles. The lowest BCUT2D eigenvalue weighted by Gasteiger charge is -2.07. The van der Waals surface area contributed by atoms with E-state index in [-0.39, 0.29) is 5.69 Å². The molecule has 0 saturated carbocycles. The third kappa shape index (κ3) is 6.77. The summed E-state index contributed by atoms with van der Waals surface area (Å²) in [5.74, 6) is 0. The predicted octanol–water partition coefficient (Wildman–Crippen LogP) is 7.86. The number of nitro benzene ring substituents is 1.